The molecule has 1 aliphatic carbocycles. The van der Waals surface area contributed by atoms with E-state index in [0.717, 1.165) is 95.8 Å². The van der Waals surface area contributed by atoms with Gasteiger partial charge in [0.2, 0.25) is 11.8 Å². The number of carbonyl (C=O) groups is 2. The number of ether oxygens (including phenoxy) is 3. The van der Waals surface area contributed by atoms with E-state index in [-0.39, 0.29) is 23.3 Å². The summed E-state index contributed by atoms with van der Waals surface area (Å²) in [5.74, 6) is 2.93. The maximum atomic E-state index is 15.0. The summed E-state index contributed by atoms with van der Waals surface area (Å²) >= 11 is 1.76. The minimum Gasteiger partial charge on any atom is -0.493 e. The highest BCUT2D eigenvalue weighted by Gasteiger charge is 2.44. The molecular formula is C40H51FN6O6S. The number of piperidine rings is 2. The molecule has 4 aliphatic heterocycles. The number of amides is 2. The van der Waals surface area contributed by atoms with Crippen LogP contribution in [-0.4, -0.2) is 96.1 Å². The number of nitrogens with zero attached hydrogens (tertiary/aromatic N) is 2. The summed E-state index contributed by atoms with van der Waals surface area (Å²) in [5.41, 5.74) is 0.723. The lowest BCUT2D eigenvalue weighted by Crippen LogP contribution is -2.47. The van der Waals surface area contributed by atoms with Gasteiger partial charge < -0.3 is 34.7 Å². The van der Waals surface area contributed by atoms with Crippen LogP contribution in [0.1, 0.15) is 63.6 Å². The second-order valence-electron chi connectivity index (χ2n) is 15.6. The number of rotatable bonds is 13. The highest BCUT2D eigenvalue weighted by atomic mass is 32.2. The number of nitrogens with one attached hydrogen (secondary N) is 4. The number of hydrogen-bond acceptors (Lipinski definition) is 11. The van der Waals surface area contributed by atoms with Crippen molar-refractivity contribution in [2.24, 2.45) is 17.8 Å². The van der Waals surface area contributed by atoms with Crippen LogP contribution in [0.2, 0.25) is 0 Å². The number of thioether (sulfide) groups is 1. The Balaban J connectivity index is 0.756. The van der Waals surface area contributed by atoms with Crippen molar-refractivity contribution in [3.8, 4) is 11.5 Å². The Morgan fingerprint density at radius 2 is 1.81 bits per heavy atom. The number of aromatic nitrogens is 2. The molecule has 5 fully saturated rings. The van der Waals surface area contributed by atoms with Gasteiger partial charge in [-0.05, 0) is 120 Å². The first-order chi connectivity index (χ1) is 26.3. The molecule has 4 saturated heterocycles. The third-order valence-corrected chi connectivity index (χ3v) is 13.3. The minimum atomic E-state index is -0.604. The van der Waals surface area contributed by atoms with E-state index in [4.69, 9.17) is 14.2 Å². The summed E-state index contributed by atoms with van der Waals surface area (Å²) in [4.78, 5) is 46.2. The zero-order valence-corrected chi connectivity index (χ0v) is 31.5. The molecule has 54 heavy (non-hydrogen) atoms. The fraction of sp³-hybridized carbons (Fsp3) is 0.600. The van der Waals surface area contributed by atoms with Crippen LogP contribution in [0.25, 0.3) is 10.9 Å². The zero-order chi connectivity index (χ0) is 37.0. The molecule has 0 radical (unpaired) electrons. The highest BCUT2D eigenvalue weighted by Crippen LogP contribution is 2.41. The maximum Gasteiger partial charge on any atom is 0.261 e. The number of anilines is 1. The Hall–Kier alpha value is -3.72. The van der Waals surface area contributed by atoms with E-state index in [2.05, 4.69) is 30.8 Å². The Bertz CT molecular complexity index is 1850. The summed E-state index contributed by atoms with van der Waals surface area (Å²) in [6.45, 7) is 6.18. The van der Waals surface area contributed by atoms with Crippen molar-refractivity contribution in [2.75, 3.05) is 51.3 Å². The summed E-state index contributed by atoms with van der Waals surface area (Å²) in [7, 11) is 0. The first-order valence-corrected chi connectivity index (χ1v) is 20.7. The summed E-state index contributed by atoms with van der Waals surface area (Å²) in [5, 5.41) is 9.86. The van der Waals surface area contributed by atoms with Crippen LogP contribution >= 0.6 is 11.8 Å². The molecular weight excluding hydrogens is 712 g/mol. The van der Waals surface area contributed by atoms with E-state index in [1.54, 1.807) is 17.8 Å². The van der Waals surface area contributed by atoms with Crippen LogP contribution in [0.4, 0.5) is 10.1 Å². The monoisotopic (exact) mass is 762 g/mol. The van der Waals surface area contributed by atoms with E-state index in [9.17, 15) is 14.4 Å². The number of likely N-dealkylation sites (tertiary alicyclic amines) is 1. The van der Waals surface area contributed by atoms with Crippen LogP contribution in [0.3, 0.4) is 0 Å². The SMILES string of the molecule is O=C1CCC(Nc2ccc(O[C@@H]3C[C@H]4CN[C@H](CCN5CCC(COc6cc(F)c7c(=O)[nH]c(CSC8CCOCC8)nc7c6)CC5)[C@@H]4C3)cc2)C(=O)N1. The van der Waals surface area contributed by atoms with Crippen LogP contribution in [0.15, 0.2) is 41.2 Å². The molecule has 0 spiro atoms. The Labute approximate surface area is 319 Å². The lowest BCUT2D eigenvalue weighted by molar-refractivity contribution is -0.133. The molecule has 2 aromatic carbocycles. The van der Waals surface area contributed by atoms with Crippen LogP contribution < -0.4 is 31.0 Å². The van der Waals surface area contributed by atoms with Crippen molar-refractivity contribution in [2.45, 2.75) is 87.0 Å². The van der Waals surface area contributed by atoms with E-state index in [1.165, 1.54) is 6.07 Å². The molecule has 14 heteroatoms. The van der Waals surface area contributed by atoms with Gasteiger partial charge >= 0.3 is 0 Å². The number of carbonyl (C=O) groups excluding carboxylic acids is 2. The van der Waals surface area contributed by atoms with Crippen LogP contribution in [-0.2, 0) is 20.1 Å². The summed E-state index contributed by atoms with van der Waals surface area (Å²) < 4.78 is 33.0. The topological polar surface area (TPSA) is 147 Å². The van der Waals surface area contributed by atoms with Crippen molar-refractivity contribution >= 4 is 40.2 Å². The van der Waals surface area contributed by atoms with E-state index in [1.807, 2.05) is 24.3 Å². The molecule has 12 nitrogen and oxygen atoms in total. The van der Waals surface area contributed by atoms with Crippen molar-refractivity contribution in [1.82, 2.24) is 25.5 Å². The zero-order valence-electron chi connectivity index (χ0n) is 30.7. The standard InChI is InChI=1S/C40H51FN6O6S/c41-32-19-28(20-35-38(32)40(50)45-36(44-35)23-54-30-10-15-51-16-11-30)52-22-24-7-12-47(13-8-24)14-9-33-31-18-29(17-25(31)21-42-33)53-27-3-1-26(2-4-27)43-34-5-6-37(48)46-39(34)49/h1-4,19-20,24-25,29-31,33-34,42-43H,5-18,21-23H2,(H,44,45,50)(H,46,48,49)/t25-,29+,31+,33+,34?/m0/s1. The van der Waals surface area contributed by atoms with Crippen molar-refractivity contribution in [3.63, 3.8) is 0 Å². The summed E-state index contributed by atoms with van der Waals surface area (Å²) in [6.07, 6.45) is 8.30. The predicted octanol–water partition coefficient (Wildman–Crippen LogP) is 4.62. The van der Waals surface area contributed by atoms with Crippen molar-refractivity contribution in [1.29, 1.82) is 0 Å². The van der Waals surface area contributed by atoms with Crippen LogP contribution in [0.5, 0.6) is 11.5 Å². The molecule has 1 saturated carbocycles. The van der Waals surface area contributed by atoms with Gasteiger partial charge in [0.1, 0.15) is 34.6 Å². The summed E-state index contributed by atoms with van der Waals surface area (Å²) in [6, 6.07) is 10.9. The van der Waals surface area contributed by atoms with Gasteiger partial charge in [0.15, 0.2) is 0 Å². The molecule has 5 aliphatic rings. The smallest absolute Gasteiger partial charge is 0.261 e. The predicted molar refractivity (Wildman–Crippen MR) is 205 cm³/mol. The molecule has 8 rings (SSSR count). The van der Waals surface area contributed by atoms with Gasteiger partial charge in [-0.25, -0.2) is 9.37 Å². The molecule has 1 aromatic heterocycles. The van der Waals surface area contributed by atoms with Gasteiger partial charge in [0.25, 0.3) is 5.56 Å². The normalized spacial score (nSPS) is 26.9. The Kier molecular flexibility index (Phi) is 11.7. The highest BCUT2D eigenvalue weighted by molar-refractivity contribution is 7.99. The lowest BCUT2D eigenvalue weighted by atomic mass is 9.91. The fourth-order valence-corrected chi connectivity index (χ4v) is 9.96. The average Bonchev–Trinajstić information content (AvgIpc) is 3.75. The first-order valence-electron chi connectivity index (χ1n) is 19.7. The second kappa shape index (κ2) is 17.0. The minimum absolute atomic E-state index is 0.0212. The average molecular weight is 763 g/mol. The molecule has 5 heterocycles. The quantitative estimate of drug-likeness (QED) is 0.181. The molecule has 0 bridgehead atoms. The van der Waals surface area contributed by atoms with Gasteiger partial charge in [-0.3, -0.25) is 19.7 Å². The van der Waals surface area contributed by atoms with Crippen molar-refractivity contribution in [3.05, 3.63) is 58.4 Å². The molecule has 290 valence electrons. The lowest BCUT2D eigenvalue weighted by Gasteiger charge is -2.33. The first kappa shape index (κ1) is 37.2. The number of halogens is 1. The molecule has 1 unspecified atom stereocenters. The number of imide groups is 1. The molecule has 2 amide bonds. The second-order valence-corrected chi connectivity index (χ2v) is 16.9. The number of hydrogen-bond donors (Lipinski definition) is 4. The van der Waals surface area contributed by atoms with Gasteiger partial charge in [-0.15, -0.1) is 0 Å². The maximum absolute atomic E-state index is 15.0. The molecule has 3 aromatic rings. The third-order valence-electron chi connectivity index (χ3n) is 12.0. The Morgan fingerprint density at radius 3 is 2.61 bits per heavy atom. The molecule has 4 N–H and O–H groups in total. The van der Waals surface area contributed by atoms with Crippen LogP contribution in [0, 0.1) is 23.6 Å². The van der Waals surface area contributed by atoms with Gasteiger partial charge in [0, 0.05) is 48.7 Å². The number of fused-ring (bicyclic) bond motifs is 2. The third kappa shape index (κ3) is 9.04. The van der Waals surface area contributed by atoms with E-state index < -0.39 is 17.4 Å². The Morgan fingerprint density at radius 1 is 1.00 bits per heavy atom. The van der Waals surface area contributed by atoms with Gasteiger partial charge in [-0.1, -0.05) is 0 Å². The molecule has 5 atom stereocenters. The number of H-pyrrole nitrogens is 1. The van der Waals surface area contributed by atoms with Gasteiger partial charge in [-0.2, -0.15) is 11.8 Å². The van der Waals surface area contributed by atoms with Gasteiger partial charge in [0.05, 0.1) is 24.0 Å². The van der Waals surface area contributed by atoms with Crippen molar-refractivity contribution < 1.29 is 28.2 Å². The van der Waals surface area contributed by atoms with E-state index >= 15 is 4.39 Å². The number of aromatic amines is 1. The number of benzene rings is 2. The van der Waals surface area contributed by atoms with E-state index in [0.29, 0.717) is 71.3 Å². The fourth-order valence-electron chi connectivity index (χ4n) is 8.90. The largest absolute Gasteiger partial charge is 0.493 e.